The van der Waals surface area contributed by atoms with E-state index >= 15 is 0 Å². The average Bonchev–Trinajstić information content (AvgIpc) is 2.78. The molecule has 3 nitrogen and oxygen atoms in total. The zero-order chi connectivity index (χ0) is 11.4. The highest BCUT2D eigenvalue weighted by Crippen LogP contribution is 2.11. The van der Waals surface area contributed by atoms with Crippen molar-refractivity contribution in [2.45, 2.75) is 13.5 Å². The van der Waals surface area contributed by atoms with E-state index in [4.69, 9.17) is 4.74 Å². The lowest BCUT2D eigenvalue weighted by atomic mass is 10.2. The van der Waals surface area contributed by atoms with Gasteiger partial charge in [-0.15, -0.1) is 11.3 Å². The second kappa shape index (κ2) is 4.90. The van der Waals surface area contributed by atoms with E-state index < -0.39 is 0 Å². The van der Waals surface area contributed by atoms with Crippen LogP contribution >= 0.6 is 11.3 Å². The lowest BCUT2D eigenvalue weighted by Crippen LogP contribution is -2.05. The Balaban J connectivity index is 1.98. The van der Waals surface area contributed by atoms with E-state index in [0.29, 0.717) is 12.2 Å². The number of hydrogen-bond acceptors (Lipinski definition) is 4. The molecule has 0 saturated heterocycles. The number of thiophene rings is 1. The molecule has 0 bridgehead atoms. The Kier molecular flexibility index (Phi) is 3.31. The molecule has 0 saturated carbocycles. The molecule has 0 aromatic carbocycles. The van der Waals surface area contributed by atoms with Crippen LogP contribution < -0.4 is 0 Å². The van der Waals surface area contributed by atoms with E-state index in [9.17, 15) is 4.79 Å². The minimum absolute atomic E-state index is 0.324. The number of aryl methyl sites for hydroxylation is 1. The highest BCUT2D eigenvalue weighted by molar-refractivity contribution is 7.09. The summed E-state index contributed by atoms with van der Waals surface area (Å²) in [7, 11) is 0. The molecule has 0 aliphatic rings. The Morgan fingerprint density at radius 2 is 2.38 bits per heavy atom. The number of ether oxygens (including phenoxy) is 1. The van der Waals surface area contributed by atoms with Crippen molar-refractivity contribution in [1.82, 2.24) is 4.98 Å². The quantitative estimate of drug-likeness (QED) is 0.765. The molecule has 0 unspecified atom stereocenters. The Labute approximate surface area is 97.7 Å². The van der Waals surface area contributed by atoms with Gasteiger partial charge in [0, 0.05) is 17.3 Å². The molecule has 16 heavy (non-hydrogen) atoms. The maximum atomic E-state index is 11.6. The van der Waals surface area contributed by atoms with Gasteiger partial charge in [0.2, 0.25) is 0 Å². The molecule has 0 fully saturated rings. The van der Waals surface area contributed by atoms with E-state index in [-0.39, 0.29) is 5.97 Å². The van der Waals surface area contributed by atoms with E-state index in [0.717, 1.165) is 10.4 Å². The molecule has 2 heterocycles. The summed E-state index contributed by atoms with van der Waals surface area (Å²) in [6.07, 6.45) is 3.22. The molecule has 0 aliphatic carbocycles. The van der Waals surface area contributed by atoms with Crippen molar-refractivity contribution in [2.75, 3.05) is 0 Å². The zero-order valence-corrected chi connectivity index (χ0v) is 9.66. The molecule has 82 valence electrons. The van der Waals surface area contributed by atoms with Crippen LogP contribution in [0.15, 0.2) is 36.0 Å². The van der Waals surface area contributed by atoms with Crippen LogP contribution in [0.5, 0.6) is 0 Å². The Morgan fingerprint density at radius 3 is 3.06 bits per heavy atom. The first-order valence-electron chi connectivity index (χ1n) is 4.87. The third-order valence-electron chi connectivity index (χ3n) is 2.04. The number of carbonyl (C=O) groups is 1. The van der Waals surface area contributed by atoms with E-state index in [1.165, 1.54) is 6.20 Å². The molecule has 2 aromatic rings. The van der Waals surface area contributed by atoms with Crippen molar-refractivity contribution in [1.29, 1.82) is 0 Å². The fraction of sp³-hybridized carbons (Fsp3) is 0.167. The van der Waals surface area contributed by atoms with Gasteiger partial charge in [-0.05, 0) is 30.0 Å². The minimum atomic E-state index is -0.329. The molecule has 0 amide bonds. The first-order chi connectivity index (χ1) is 7.75. The van der Waals surface area contributed by atoms with Crippen LogP contribution in [0.3, 0.4) is 0 Å². The maximum absolute atomic E-state index is 11.6. The molecular weight excluding hydrogens is 222 g/mol. The van der Waals surface area contributed by atoms with Crippen LogP contribution in [0.1, 0.15) is 20.8 Å². The summed E-state index contributed by atoms with van der Waals surface area (Å²) >= 11 is 1.57. The van der Waals surface area contributed by atoms with Gasteiger partial charge in [0.15, 0.2) is 0 Å². The number of hydrogen-bond donors (Lipinski definition) is 0. The Hall–Kier alpha value is -1.68. The summed E-state index contributed by atoms with van der Waals surface area (Å²) in [5, 5.41) is 1.96. The van der Waals surface area contributed by atoms with E-state index in [2.05, 4.69) is 4.98 Å². The standard InChI is InChI=1S/C12H11NO2S/c1-9-5-10(7-13-6-9)12(14)15-8-11-3-2-4-16-11/h2-7H,8H2,1H3. The van der Waals surface area contributed by atoms with Gasteiger partial charge < -0.3 is 4.74 Å². The normalized spacial score (nSPS) is 10.1. The highest BCUT2D eigenvalue weighted by atomic mass is 32.1. The van der Waals surface area contributed by atoms with Crippen molar-refractivity contribution in [3.8, 4) is 0 Å². The second-order valence-corrected chi connectivity index (χ2v) is 4.44. The van der Waals surface area contributed by atoms with Crippen molar-refractivity contribution in [3.05, 3.63) is 52.0 Å². The van der Waals surface area contributed by atoms with Crippen molar-refractivity contribution in [2.24, 2.45) is 0 Å². The van der Waals surface area contributed by atoms with Crippen LogP contribution in [-0.2, 0) is 11.3 Å². The minimum Gasteiger partial charge on any atom is -0.456 e. The largest absolute Gasteiger partial charge is 0.456 e. The molecule has 4 heteroatoms. The number of aromatic nitrogens is 1. The van der Waals surface area contributed by atoms with Crippen molar-refractivity contribution in [3.63, 3.8) is 0 Å². The summed E-state index contributed by atoms with van der Waals surface area (Å²) < 4.78 is 5.16. The summed E-state index contributed by atoms with van der Waals surface area (Å²) in [6.45, 7) is 2.22. The number of nitrogens with zero attached hydrogens (tertiary/aromatic N) is 1. The van der Waals surface area contributed by atoms with Gasteiger partial charge in [0.1, 0.15) is 6.61 Å². The topological polar surface area (TPSA) is 39.2 Å². The molecular formula is C12H11NO2S. The average molecular weight is 233 g/mol. The molecule has 2 rings (SSSR count). The Morgan fingerprint density at radius 1 is 1.50 bits per heavy atom. The summed E-state index contributed by atoms with van der Waals surface area (Å²) in [4.78, 5) is 16.6. The van der Waals surface area contributed by atoms with E-state index in [1.54, 1.807) is 23.6 Å². The first kappa shape index (κ1) is 10.8. The van der Waals surface area contributed by atoms with Crippen LogP contribution in [-0.4, -0.2) is 11.0 Å². The van der Waals surface area contributed by atoms with Crippen molar-refractivity contribution >= 4 is 17.3 Å². The van der Waals surface area contributed by atoms with Crippen molar-refractivity contribution < 1.29 is 9.53 Å². The summed E-state index contributed by atoms with van der Waals surface area (Å²) in [6, 6.07) is 5.64. The SMILES string of the molecule is Cc1cncc(C(=O)OCc2cccs2)c1. The second-order valence-electron chi connectivity index (χ2n) is 3.41. The van der Waals surface area contributed by atoms with Crippen LogP contribution in [0.4, 0.5) is 0 Å². The molecule has 0 N–H and O–H groups in total. The highest BCUT2D eigenvalue weighted by Gasteiger charge is 2.07. The van der Waals surface area contributed by atoms with Gasteiger partial charge in [-0.3, -0.25) is 4.98 Å². The van der Waals surface area contributed by atoms with Gasteiger partial charge in [0.05, 0.1) is 5.56 Å². The maximum Gasteiger partial charge on any atom is 0.340 e. The number of rotatable bonds is 3. The van der Waals surface area contributed by atoms with E-state index in [1.807, 2.05) is 24.4 Å². The smallest absolute Gasteiger partial charge is 0.340 e. The zero-order valence-electron chi connectivity index (χ0n) is 8.84. The van der Waals surface area contributed by atoms with Crippen LogP contribution in [0, 0.1) is 6.92 Å². The van der Waals surface area contributed by atoms with Crippen LogP contribution in [0.25, 0.3) is 0 Å². The van der Waals surface area contributed by atoms with Gasteiger partial charge >= 0.3 is 5.97 Å². The monoisotopic (exact) mass is 233 g/mol. The molecule has 0 aliphatic heterocycles. The van der Waals surface area contributed by atoms with Gasteiger partial charge in [-0.2, -0.15) is 0 Å². The van der Waals surface area contributed by atoms with Crippen LogP contribution in [0.2, 0.25) is 0 Å². The fourth-order valence-electron chi connectivity index (χ4n) is 1.28. The Bertz CT molecular complexity index is 480. The molecule has 2 aromatic heterocycles. The van der Waals surface area contributed by atoms with Gasteiger partial charge in [-0.25, -0.2) is 4.79 Å². The molecule has 0 spiro atoms. The lowest BCUT2D eigenvalue weighted by Gasteiger charge is -2.03. The molecule has 0 atom stereocenters. The van der Waals surface area contributed by atoms with Gasteiger partial charge in [0.25, 0.3) is 0 Å². The first-order valence-corrected chi connectivity index (χ1v) is 5.75. The third-order valence-corrected chi connectivity index (χ3v) is 2.89. The lowest BCUT2D eigenvalue weighted by molar-refractivity contribution is 0.0476. The summed E-state index contributed by atoms with van der Waals surface area (Å²) in [5.41, 5.74) is 1.45. The number of carbonyl (C=O) groups excluding carboxylic acids is 1. The molecule has 0 radical (unpaired) electrons. The van der Waals surface area contributed by atoms with Gasteiger partial charge in [-0.1, -0.05) is 6.07 Å². The predicted molar refractivity (Wildman–Crippen MR) is 62.4 cm³/mol. The summed E-state index contributed by atoms with van der Waals surface area (Å²) in [5.74, 6) is -0.329. The number of esters is 1. The predicted octanol–water partition coefficient (Wildman–Crippen LogP) is 2.81. The third kappa shape index (κ3) is 2.67. The fourth-order valence-corrected chi connectivity index (χ4v) is 1.90. The number of pyridine rings is 1.